The third kappa shape index (κ3) is 8.07. The van der Waals surface area contributed by atoms with E-state index in [1.165, 1.54) is 0 Å². The van der Waals surface area contributed by atoms with Crippen LogP contribution in [0.5, 0.6) is 5.75 Å². The lowest BCUT2D eigenvalue weighted by Gasteiger charge is -2.33. The van der Waals surface area contributed by atoms with Gasteiger partial charge in [0.05, 0.1) is 33.0 Å². The predicted octanol–water partition coefficient (Wildman–Crippen LogP) is 3.56. The number of piperidine rings is 1. The third-order valence-electron chi connectivity index (χ3n) is 9.14. The fraction of sp³-hybridized carbons (Fsp3) is 0.594. The second-order valence-corrected chi connectivity index (χ2v) is 15.8. The molecule has 2 unspecified atom stereocenters. The Morgan fingerprint density at radius 1 is 0.750 bits per heavy atom. The quantitative estimate of drug-likeness (QED) is 0.343. The van der Waals surface area contributed by atoms with E-state index < -0.39 is 21.6 Å². The highest BCUT2D eigenvalue weighted by atomic mass is 35.5. The summed E-state index contributed by atoms with van der Waals surface area (Å²) in [4.78, 5) is 25.8. The van der Waals surface area contributed by atoms with Crippen molar-refractivity contribution in [1.29, 1.82) is 0 Å². The summed E-state index contributed by atoms with van der Waals surface area (Å²) in [6.07, 6.45) is 10.7. The van der Waals surface area contributed by atoms with Crippen molar-refractivity contribution >= 4 is 50.8 Å². The molecule has 0 spiro atoms. The van der Waals surface area contributed by atoms with Crippen molar-refractivity contribution in [3.63, 3.8) is 0 Å². The van der Waals surface area contributed by atoms with Crippen LogP contribution in [0.4, 0.5) is 17.6 Å². The second kappa shape index (κ2) is 15.7. The molecular formula is C32H41ClN8O5S2. The molecule has 2 atom stereocenters. The Hall–Kier alpha value is -2.98. The van der Waals surface area contributed by atoms with Crippen LogP contribution in [0.2, 0.25) is 5.28 Å². The van der Waals surface area contributed by atoms with Crippen LogP contribution in [-0.2, 0) is 43.9 Å². The molecular weight excluding hydrogens is 676 g/mol. The van der Waals surface area contributed by atoms with Gasteiger partial charge in [-0.15, -0.1) is 0 Å². The topological polar surface area (TPSA) is 154 Å². The maximum atomic E-state index is 12.6. The minimum Gasteiger partial charge on any atom is -0.490 e. The summed E-state index contributed by atoms with van der Waals surface area (Å²) in [7, 11) is -2.02. The Morgan fingerprint density at radius 3 is 1.88 bits per heavy atom. The molecule has 0 amide bonds. The molecule has 13 nitrogen and oxygen atoms in total. The molecule has 8 heterocycles. The first kappa shape index (κ1) is 33.5. The number of rotatable bonds is 7. The average Bonchev–Trinajstić information content (AvgIpc) is 3.68. The van der Waals surface area contributed by atoms with E-state index in [9.17, 15) is 8.42 Å². The fourth-order valence-corrected chi connectivity index (χ4v) is 9.36. The second-order valence-electron chi connectivity index (χ2n) is 12.4. The summed E-state index contributed by atoms with van der Waals surface area (Å²) >= 11 is 5.91. The van der Waals surface area contributed by atoms with Crippen molar-refractivity contribution < 1.29 is 22.6 Å². The molecule has 0 radical (unpaired) electrons. The lowest BCUT2D eigenvalue weighted by molar-refractivity contribution is 0.0902. The first-order chi connectivity index (χ1) is 23.5. The zero-order valence-corrected chi connectivity index (χ0v) is 29.2. The maximum absolute atomic E-state index is 12.6. The largest absolute Gasteiger partial charge is 0.490 e. The highest BCUT2D eigenvalue weighted by Crippen LogP contribution is 2.33. The number of nitrogens with zero attached hydrogens (tertiary/aromatic N) is 6. The summed E-state index contributed by atoms with van der Waals surface area (Å²) in [6, 6.07) is 4.41. The van der Waals surface area contributed by atoms with Crippen LogP contribution >= 0.6 is 11.6 Å². The van der Waals surface area contributed by atoms with Crippen LogP contribution in [0.1, 0.15) is 49.9 Å². The molecule has 3 fully saturated rings. The molecule has 3 saturated heterocycles. The number of halogens is 1. The Morgan fingerprint density at radius 2 is 1.29 bits per heavy atom. The van der Waals surface area contributed by atoms with Gasteiger partial charge in [0.2, 0.25) is 11.2 Å². The summed E-state index contributed by atoms with van der Waals surface area (Å²) < 4.78 is 41.4. The summed E-state index contributed by atoms with van der Waals surface area (Å²) in [5.41, 5.74) is 1.76. The molecule has 5 aliphatic heterocycles. The zero-order chi connectivity index (χ0) is 32.9. The molecule has 16 heteroatoms. The molecule has 0 aliphatic carbocycles. The van der Waals surface area contributed by atoms with Crippen molar-refractivity contribution in [3.8, 4) is 5.75 Å². The molecule has 2 N–H and O–H groups in total. The first-order valence-corrected chi connectivity index (χ1v) is 19.8. The number of anilines is 3. The number of aryl methyl sites for hydroxylation is 2. The van der Waals surface area contributed by atoms with Gasteiger partial charge < -0.3 is 29.7 Å². The van der Waals surface area contributed by atoms with Gasteiger partial charge in [0.15, 0.2) is 0 Å². The smallest absolute Gasteiger partial charge is 0.227 e. The number of hydrogen-bond donors (Lipinski definition) is 2. The van der Waals surface area contributed by atoms with Crippen molar-refractivity contribution in [1.82, 2.24) is 24.9 Å². The molecule has 3 aromatic rings. The highest BCUT2D eigenvalue weighted by molar-refractivity contribution is 7.85. The first-order valence-electron chi connectivity index (χ1n) is 16.7. The van der Waals surface area contributed by atoms with Crippen LogP contribution in [0.3, 0.4) is 0 Å². The van der Waals surface area contributed by atoms with E-state index in [0.29, 0.717) is 35.8 Å². The Balaban J connectivity index is 0.000000172. The van der Waals surface area contributed by atoms with Gasteiger partial charge in [-0.1, -0.05) is 0 Å². The molecule has 0 aromatic carbocycles. The van der Waals surface area contributed by atoms with E-state index in [1.54, 1.807) is 12.4 Å². The van der Waals surface area contributed by atoms with E-state index in [-0.39, 0.29) is 11.4 Å². The number of fused-ring (bicyclic) bond motifs is 2. The van der Waals surface area contributed by atoms with E-state index in [2.05, 4.69) is 30.5 Å². The number of hydrogen-bond acceptors (Lipinski definition) is 13. The number of nitrogens with one attached hydrogen (secondary N) is 2. The fourth-order valence-electron chi connectivity index (χ4n) is 6.54. The van der Waals surface area contributed by atoms with Gasteiger partial charge in [-0.3, -0.25) is 13.4 Å². The van der Waals surface area contributed by atoms with Crippen LogP contribution in [0.15, 0.2) is 34.3 Å². The SMILES string of the molecule is O=S1CCc2nc(Cl)nc(NC3CCOCC3)c21.O=S1CCc2nc(N3CCC(Oc4ccncc4)CC3)nc(NC3CCOCC3)c21. The zero-order valence-electron chi connectivity index (χ0n) is 26.8. The minimum atomic E-state index is -1.02. The van der Waals surface area contributed by atoms with Gasteiger partial charge in [-0.25, -0.2) is 9.97 Å². The Kier molecular flexibility index (Phi) is 11.0. The van der Waals surface area contributed by atoms with E-state index in [0.717, 1.165) is 123 Å². The standard InChI is InChI=1S/C21H27N5O3S.C11H14ClN3O2S/c27-30-14-7-18-19(30)20(23-15-5-12-28-13-6-15)25-21(24-18)26-10-3-17(4-11-26)29-16-1-8-22-9-2-16;12-11-14-8-3-6-18(16)9(8)10(15-11)13-7-1-4-17-5-2-7/h1-2,8-9,15,17H,3-7,10-14H2,(H,23,24,25);7H,1-6H2,(H,13,14,15). The van der Waals surface area contributed by atoms with Crippen molar-refractivity contribution in [2.24, 2.45) is 0 Å². The van der Waals surface area contributed by atoms with Crippen LogP contribution in [0.25, 0.3) is 0 Å². The molecule has 0 bridgehead atoms. The van der Waals surface area contributed by atoms with Gasteiger partial charge in [0, 0.05) is 101 Å². The number of aromatic nitrogens is 5. The van der Waals surface area contributed by atoms with Gasteiger partial charge in [-0.05, 0) is 49.4 Å². The number of ether oxygens (including phenoxy) is 3. The molecule has 48 heavy (non-hydrogen) atoms. The predicted molar refractivity (Wildman–Crippen MR) is 184 cm³/mol. The minimum absolute atomic E-state index is 0.186. The van der Waals surface area contributed by atoms with E-state index in [1.807, 2.05) is 12.1 Å². The van der Waals surface area contributed by atoms with Gasteiger partial charge >= 0.3 is 0 Å². The van der Waals surface area contributed by atoms with E-state index >= 15 is 0 Å². The van der Waals surface area contributed by atoms with Gasteiger partial charge in [0.25, 0.3) is 0 Å². The molecule has 0 saturated carbocycles. The molecule has 5 aliphatic rings. The normalized spacial score (nSPS) is 23.1. The average molecular weight is 717 g/mol. The summed E-state index contributed by atoms with van der Waals surface area (Å²) in [5.74, 6) is 4.26. The van der Waals surface area contributed by atoms with Crippen molar-refractivity contribution in [2.45, 2.75) is 79.3 Å². The molecule has 258 valence electrons. The van der Waals surface area contributed by atoms with Crippen LogP contribution in [0, 0.1) is 0 Å². The molecule has 8 rings (SSSR count). The lowest BCUT2D eigenvalue weighted by Crippen LogP contribution is -2.39. The maximum Gasteiger partial charge on any atom is 0.227 e. The van der Waals surface area contributed by atoms with E-state index in [4.69, 9.17) is 35.8 Å². The van der Waals surface area contributed by atoms with Crippen molar-refractivity contribution in [3.05, 3.63) is 41.2 Å². The Bertz CT molecular complexity index is 1620. The van der Waals surface area contributed by atoms with Gasteiger partial charge in [0.1, 0.15) is 33.3 Å². The molecule has 3 aromatic heterocycles. The van der Waals surface area contributed by atoms with Crippen LogP contribution in [-0.4, -0.2) is 103 Å². The lowest BCUT2D eigenvalue weighted by atomic mass is 10.1. The highest BCUT2D eigenvalue weighted by Gasteiger charge is 2.31. The summed E-state index contributed by atoms with van der Waals surface area (Å²) in [5, 5.41) is 7.12. The summed E-state index contributed by atoms with van der Waals surface area (Å²) in [6.45, 7) is 4.70. The number of pyridine rings is 1. The Labute approximate surface area is 290 Å². The van der Waals surface area contributed by atoms with Crippen molar-refractivity contribution in [2.75, 3.05) is 66.6 Å². The third-order valence-corrected chi connectivity index (χ3v) is 12.2. The monoisotopic (exact) mass is 716 g/mol. The van der Waals surface area contributed by atoms with Gasteiger partial charge in [-0.2, -0.15) is 9.97 Å². The van der Waals surface area contributed by atoms with Crippen LogP contribution < -0.4 is 20.3 Å².